The zero-order valence-electron chi connectivity index (χ0n) is 11.2. The lowest BCUT2D eigenvalue weighted by molar-refractivity contribution is -0.145. The number of β-amino-alcohol motifs (C(OH)–C–C–N with tert-alkyl or cyclic N) is 1. The van der Waals surface area contributed by atoms with Crippen molar-refractivity contribution in [3.63, 3.8) is 0 Å². The standard InChI is InChI=1S/C13H25NO3/c1-10(2)6-8-17-11(3)13(16)14-7-4-5-12(15)9-14/h10-12,15H,4-9H2,1-3H3. The fourth-order valence-corrected chi connectivity index (χ4v) is 1.96. The van der Waals surface area contributed by atoms with E-state index in [1.807, 2.05) is 0 Å². The van der Waals surface area contributed by atoms with Crippen LogP contribution in [-0.2, 0) is 9.53 Å². The van der Waals surface area contributed by atoms with Crippen LogP contribution in [0.1, 0.15) is 40.0 Å². The molecule has 0 aromatic rings. The summed E-state index contributed by atoms with van der Waals surface area (Å²) in [7, 11) is 0. The van der Waals surface area contributed by atoms with E-state index in [0.717, 1.165) is 25.8 Å². The summed E-state index contributed by atoms with van der Waals surface area (Å²) in [5.74, 6) is 0.599. The predicted molar refractivity (Wildman–Crippen MR) is 66.7 cm³/mol. The molecule has 0 spiro atoms. The second kappa shape index (κ2) is 6.97. The second-order valence-corrected chi connectivity index (χ2v) is 5.28. The van der Waals surface area contributed by atoms with E-state index in [0.29, 0.717) is 19.1 Å². The van der Waals surface area contributed by atoms with Crippen molar-refractivity contribution in [3.05, 3.63) is 0 Å². The first-order valence-electron chi connectivity index (χ1n) is 6.59. The minimum absolute atomic E-state index is 0.00695. The number of aliphatic hydroxyl groups excluding tert-OH is 1. The fourth-order valence-electron chi connectivity index (χ4n) is 1.96. The molecule has 1 saturated heterocycles. The van der Waals surface area contributed by atoms with E-state index in [9.17, 15) is 9.90 Å². The third-order valence-corrected chi connectivity index (χ3v) is 3.12. The number of nitrogens with zero attached hydrogens (tertiary/aromatic N) is 1. The average Bonchev–Trinajstić information content (AvgIpc) is 2.27. The zero-order valence-corrected chi connectivity index (χ0v) is 11.2. The highest BCUT2D eigenvalue weighted by atomic mass is 16.5. The number of ether oxygens (including phenoxy) is 1. The van der Waals surface area contributed by atoms with Crippen molar-refractivity contribution in [3.8, 4) is 0 Å². The van der Waals surface area contributed by atoms with Gasteiger partial charge in [-0.25, -0.2) is 0 Å². The SMILES string of the molecule is CC(C)CCOC(C)C(=O)N1CCCC(O)C1. The molecular formula is C13H25NO3. The zero-order chi connectivity index (χ0) is 12.8. The van der Waals surface area contributed by atoms with E-state index in [-0.39, 0.29) is 18.1 Å². The highest BCUT2D eigenvalue weighted by molar-refractivity contribution is 5.80. The first-order valence-corrected chi connectivity index (χ1v) is 6.59. The molecule has 1 amide bonds. The van der Waals surface area contributed by atoms with Gasteiger partial charge in [0.2, 0.25) is 0 Å². The molecule has 2 atom stereocenters. The Labute approximate surface area is 104 Å². The van der Waals surface area contributed by atoms with Gasteiger partial charge < -0.3 is 14.7 Å². The van der Waals surface area contributed by atoms with E-state index >= 15 is 0 Å². The fraction of sp³-hybridized carbons (Fsp3) is 0.923. The summed E-state index contributed by atoms with van der Waals surface area (Å²) in [6.45, 7) is 7.89. The van der Waals surface area contributed by atoms with Gasteiger partial charge in [-0.3, -0.25) is 4.79 Å². The summed E-state index contributed by atoms with van der Waals surface area (Å²) in [4.78, 5) is 13.7. The van der Waals surface area contributed by atoms with Gasteiger partial charge in [-0.2, -0.15) is 0 Å². The number of likely N-dealkylation sites (tertiary alicyclic amines) is 1. The van der Waals surface area contributed by atoms with E-state index in [2.05, 4.69) is 13.8 Å². The van der Waals surface area contributed by atoms with Crippen molar-refractivity contribution in [1.82, 2.24) is 4.90 Å². The second-order valence-electron chi connectivity index (χ2n) is 5.28. The Hall–Kier alpha value is -0.610. The van der Waals surface area contributed by atoms with Crippen molar-refractivity contribution < 1.29 is 14.6 Å². The van der Waals surface area contributed by atoms with Crippen LogP contribution in [0.3, 0.4) is 0 Å². The summed E-state index contributed by atoms with van der Waals surface area (Å²) < 4.78 is 5.53. The number of aliphatic hydroxyl groups is 1. The number of carbonyl (C=O) groups is 1. The van der Waals surface area contributed by atoms with Crippen molar-refractivity contribution in [2.45, 2.75) is 52.2 Å². The van der Waals surface area contributed by atoms with Crippen LogP contribution in [0.25, 0.3) is 0 Å². The number of carbonyl (C=O) groups excluding carboxylic acids is 1. The Morgan fingerprint density at radius 2 is 2.18 bits per heavy atom. The molecule has 1 rings (SSSR count). The average molecular weight is 243 g/mol. The molecule has 2 unspecified atom stereocenters. The van der Waals surface area contributed by atoms with Crippen molar-refractivity contribution in [2.24, 2.45) is 5.92 Å². The third kappa shape index (κ3) is 5.04. The van der Waals surface area contributed by atoms with Gasteiger partial charge >= 0.3 is 0 Å². The monoisotopic (exact) mass is 243 g/mol. The third-order valence-electron chi connectivity index (χ3n) is 3.12. The number of amides is 1. The molecule has 1 fully saturated rings. The van der Waals surface area contributed by atoms with Crippen LogP contribution in [-0.4, -0.2) is 47.8 Å². The summed E-state index contributed by atoms with van der Waals surface area (Å²) in [6, 6.07) is 0. The van der Waals surface area contributed by atoms with E-state index in [1.165, 1.54) is 0 Å². The van der Waals surface area contributed by atoms with Crippen molar-refractivity contribution in [1.29, 1.82) is 0 Å². The van der Waals surface area contributed by atoms with Gasteiger partial charge in [0.05, 0.1) is 6.10 Å². The van der Waals surface area contributed by atoms with E-state index < -0.39 is 0 Å². The summed E-state index contributed by atoms with van der Waals surface area (Å²) >= 11 is 0. The van der Waals surface area contributed by atoms with Crippen molar-refractivity contribution in [2.75, 3.05) is 19.7 Å². The molecule has 0 radical (unpaired) electrons. The molecule has 100 valence electrons. The molecule has 0 bridgehead atoms. The molecule has 4 nitrogen and oxygen atoms in total. The normalized spacial score (nSPS) is 22.9. The quantitative estimate of drug-likeness (QED) is 0.794. The van der Waals surface area contributed by atoms with Gasteiger partial charge in [-0.05, 0) is 32.1 Å². The smallest absolute Gasteiger partial charge is 0.251 e. The lowest BCUT2D eigenvalue weighted by Crippen LogP contribution is -2.46. The Balaban J connectivity index is 2.30. The topological polar surface area (TPSA) is 49.8 Å². The van der Waals surface area contributed by atoms with Gasteiger partial charge in [0.15, 0.2) is 0 Å². The van der Waals surface area contributed by atoms with E-state index in [4.69, 9.17) is 4.74 Å². The number of hydrogen-bond acceptors (Lipinski definition) is 3. The molecular weight excluding hydrogens is 218 g/mol. The molecule has 1 aliphatic rings. The van der Waals surface area contributed by atoms with Crippen LogP contribution >= 0.6 is 0 Å². The minimum Gasteiger partial charge on any atom is -0.391 e. The molecule has 1 aliphatic heterocycles. The number of rotatable bonds is 5. The van der Waals surface area contributed by atoms with Crippen LogP contribution in [0.4, 0.5) is 0 Å². The first-order chi connectivity index (χ1) is 8.00. The maximum absolute atomic E-state index is 12.0. The molecule has 0 aliphatic carbocycles. The van der Waals surface area contributed by atoms with Gasteiger partial charge in [-0.1, -0.05) is 13.8 Å². The molecule has 0 aromatic carbocycles. The molecule has 17 heavy (non-hydrogen) atoms. The van der Waals surface area contributed by atoms with Crippen molar-refractivity contribution >= 4 is 5.91 Å². The van der Waals surface area contributed by atoms with Crippen LogP contribution in [0.5, 0.6) is 0 Å². The predicted octanol–water partition coefficient (Wildman–Crippen LogP) is 1.42. The lowest BCUT2D eigenvalue weighted by atomic mass is 10.1. The molecule has 1 N–H and O–H groups in total. The lowest BCUT2D eigenvalue weighted by Gasteiger charge is -2.32. The molecule has 4 heteroatoms. The van der Waals surface area contributed by atoms with E-state index in [1.54, 1.807) is 11.8 Å². The molecule has 0 saturated carbocycles. The largest absolute Gasteiger partial charge is 0.391 e. The Morgan fingerprint density at radius 1 is 1.47 bits per heavy atom. The Morgan fingerprint density at radius 3 is 2.76 bits per heavy atom. The van der Waals surface area contributed by atoms with Crippen LogP contribution in [0.15, 0.2) is 0 Å². The minimum atomic E-state index is -0.390. The Bertz CT molecular complexity index is 243. The summed E-state index contributed by atoms with van der Waals surface area (Å²) in [6.07, 6.45) is 1.90. The maximum Gasteiger partial charge on any atom is 0.251 e. The van der Waals surface area contributed by atoms with Crippen LogP contribution in [0.2, 0.25) is 0 Å². The molecule has 0 aromatic heterocycles. The highest BCUT2D eigenvalue weighted by Gasteiger charge is 2.25. The van der Waals surface area contributed by atoms with Gasteiger partial charge in [0.1, 0.15) is 6.10 Å². The Kier molecular flexibility index (Phi) is 5.92. The highest BCUT2D eigenvalue weighted by Crippen LogP contribution is 2.12. The maximum atomic E-state index is 12.0. The molecule has 1 heterocycles. The number of piperidine rings is 1. The van der Waals surface area contributed by atoms with Crippen LogP contribution < -0.4 is 0 Å². The van der Waals surface area contributed by atoms with Crippen LogP contribution in [0, 0.1) is 5.92 Å². The van der Waals surface area contributed by atoms with Gasteiger partial charge in [0.25, 0.3) is 5.91 Å². The first kappa shape index (κ1) is 14.5. The summed E-state index contributed by atoms with van der Waals surface area (Å²) in [5, 5.41) is 9.52. The van der Waals surface area contributed by atoms with Gasteiger partial charge in [-0.15, -0.1) is 0 Å². The number of hydrogen-bond donors (Lipinski definition) is 1. The van der Waals surface area contributed by atoms with Gasteiger partial charge in [0, 0.05) is 19.7 Å². The summed E-state index contributed by atoms with van der Waals surface area (Å²) in [5.41, 5.74) is 0.